The van der Waals surface area contributed by atoms with Gasteiger partial charge in [-0.2, -0.15) is 5.26 Å². The van der Waals surface area contributed by atoms with E-state index in [1.165, 1.54) is 0 Å². The van der Waals surface area contributed by atoms with Gasteiger partial charge in [-0.1, -0.05) is 18.2 Å². The molecular formula is C25H26N4O3. The Balaban J connectivity index is 1.44. The fourth-order valence-electron chi connectivity index (χ4n) is 3.95. The number of carbonyl (C=O) groups is 1. The summed E-state index contributed by atoms with van der Waals surface area (Å²) in [6.07, 6.45) is 0.779. The Morgan fingerprint density at radius 3 is 2.84 bits per heavy atom. The van der Waals surface area contributed by atoms with Crippen molar-refractivity contribution in [3.63, 3.8) is 0 Å². The lowest BCUT2D eigenvalue weighted by molar-refractivity contribution is -0.137. The number of fused-ring (bicyclic) bond motifs is 1. The molecule has 2 heterocycles. The molecule has 1 unspecified atom stereocenters. The van der Waals surface area contributed by atoms with Crippen molar-refractivity contribution >= 4 is 22.5 Å². The number of nitrogens with one attached hydrogen (secondary N) is 1. The second-order valence-corrected chi connectivity index (χ2v) is 7.97. The number of amides is 1. The predicted molar refractivity (Wildman–Crippen MR) is 123 cm³/mol. The molecule has 1 fully saturated rings. The summed E-state index contributed by atoms with van der Waals surface area (Å²) in [7, 11) is 0. The van der Waals surface area contributed by atoms with E-state index in [4.69, 9.17) is 9.47 Å². The lowest BCUT2D eigenvalue weighted by Gasteiger charge is -2.38. The van der Waals surface area contributed by atoms with Crippen LogP contribution in [0.2, 0.25) is 0 Å². The van der Waals surface area contributed by atoms with Gasteiger partial charge in [0.2, 0.25) is 0 Å². The number of rotatable bonds is 6. The third-order valence-electron chi connectivity index (χ3n) is 5.40. The maximum Gasteiger partial charge on any atom is 0.251 e. The first-order valence-corrected chi connectivity index (χ1v) is 10.7. The highest BCUT2D eigenvalue weighted by Crippen LogP contribution is 2.30. The number of anilines is 1. The van der Waals surface area contributed by atoms with Gasteiger partial charge >= 0.3 is 0 Å². The molecule has 7 heteroatoms. The number of benzene rings is 2. The Kier molecular flexibility index (Phi) is 6.52. The lowest BCUT2D eigenvalue weighted by Crippen LogP contribution is -2.53. The smallest absolute Gasteiger partial charge is 0.251 e. The van der Waals surface area contributed by atoms with Crippen LogP contribution in [0.5, 0.6) is 5.75 Å². The molecule has 3 aromatic rings. The first kappa shape index (κ1) is 21.6. The molecule has 1 aliphatic rings. The highest BCUT2D eigenvalue weighted by Gasteiger charge is 2.31. The number of para-hydroxylation sites is 1. The molecule has 7 nitrogen and oxygen atoms in total. The average Bonchev–Trinajstić information content (AvgIpc) is 2.82. The van der Waals surface area contributed by atoms with Crippen LogP contribution in [0.25, 0.3) is 10.9 Å². The van der Waals surface area contributed by atoms with Crippen LogP contribution < -0.4 is 15.0 Å². The van der Waals surface area contributed by atoms with Crippen LogP contribution in [0.15, 0.2) is 60.8 Å². The summed E-state index contributed by atoms with van der Waals surface area (Å²) in [5.74, 6) is 0.602. The molecule has 1 aromatic heterocycles. The summed E-state index contributed by atoms with van der Waals surface area (Å²) in [4.78, 5) is 19.4. The number of aromatic nitrogens is 1. The summed E-state index contributed by atoms with van der Waals surface area (Å²) in [6.45, 7) is 5.32. The van der Waals surface area contributed by atoms with Crippen molar-refractivity contribution in [2.75, 3.05) is 24.5 Å². The monoisotopic (exact) mass is 430 g/mol. The van der Waals surface area contributed by atoms with Crippen LogP contribution in [0, 0.1) is 11.3 Å². The highest BCUT2D eigenvalue weighted by molar-refractivity contribution is 5.95. The van der Waals surface area contributed by atoms with Gasteiger partial charge < -0.3 is 19.7 Å². The minimum atomic E-state index is -0.606. The summed E-state index contributed by atoms with van der Waals surface area (Å²) in [5.41, 5.74) is 2.15. The van der Waals surface area contributed by atoms with Gasteiger partial charge in [0.25, 0.3) is 5.91 Å². The third kappa shape index (κ3) is 4.82. The van der Waals surface area contributed by atoms with Gasteiger partial charge in [0.15, 0.2) is 6.10 Å². The molecule has 164 valence electrons. The van der Waals surface area contributed by atoms with Gasteiger partial charge in [-0.3, -0.25) is 9.78 Å². The van der Waals surface area contributed by atoms with Crippen LogP contribution in [-0.2, 0) is 9.53 Å². The summed E-state index contributed by atoms with van der Waals surface area (Å²) in [6, 6.07) is 19.2. The number of nitriles is 1. The molecule has 32 heavy (non-hydrogen) atoms. The van der Waals surface area contributed by atoms with Gasteiger partial charge in [-0.05, 0) is 50.2 Å². The Morgan fingerprint density at radius 2 is 2.06 bits per heavy atom. The van der Waals surface area contributed by atoms with E-state index in [2.05, 4.69) is 21.3 Å². The number of morpholine rings is 1. The van der Waals surface area contributed by atoms with E-state index in [1.54, 1.807) is 12.3 Å². The van der Waals surface area contributed by atoms with Gasteiger partial charge in [0.05, 0.1) is 30.3 Å². The van der Waals surface area contributed by atoms with Crippen molar-refractivity contribution in [1.82, 2.24) is 10.3 Å². The SMILES string of the molecule is CC(CNC(=O)[C@H]1CN(c2ccc(C#N)c3ncccc23)C[C@@H](C)O1)Oc1ccccc1. The van der Waals surface area contributed by atoms with E-state index in [0.717, 1.165) is 16.8 Å². The lowest BCUT2D eigenvalue weighted by atomic mass is 10.1. The fraction of sp³-hybridized carbons (Fsp3) is 0.320. The summed E-state index contributed by atoms with van der Waals surface area (Å²) >= 11 is 0. The Hall–Kier alpha value is -3.63. The molecule has 3 atom stereocenters. The van der Waals surface area contributed by atoms with E-state index in [9.17, 15) is 10.1 Å². The Labute approximate surface area is 187 Å². The maximum absolute atomic E-state index is 12.9. The summed E-state index contributed by atoms with van der Waals surface area (Å²) in [5, 5.41) is 13.2. The minimum absolute atomic E-state index is 0.125. The van der Waals surface area contributed by atoms with Crippen LogP contribution in [0.3, 0.4) is 0 Å². The van der Waals surface area contributed by atoms with Crippen molar-refractivity contribution in [2.24, 2.45) is 0 Å². The van der Waals surface area contributed by atoms with E-state index >= 15 is 0 Å². The van der Waals surface area contributed by atoms with Gasteiger partial charge in [-0.15, -0.1) is 0 Å². The number of nitrogens with zero attached hydrogens (tertiary/aromatic N) is 3. The number of carbonyl (C=O) groups excluding carboxylic acids is 1. The van der Waals surface area contributed by atoms with Crippen molar-refractivity contribution in [3.05, 3.63) is 66.4 Å². The van der Waals surface area contributed by atoms with E-state index in [-0.39, 0.29) is 18.1 Å². The first-order chi connectivity index (χ1) is 15.5. The second kappa shape index (κ2) is 9.67. The quantitative estimate of drug-likeness (QED) is 0.646. The van der Waals surface area contributed by atoms with Crippen LogP contribution >= 0.6 is 0 Å². The zero-order chi connectivity index (χ0) is 22.5. The average molecular weight is 431 g/mol. The van der Waals surface area contributed by atoms with Gasteiger partial charge in [0, 0.05) is 23.8 Å². The first-order valence-electron chi connectivity index (χ1n) is 10.7. The van der Waals surface area contributed by atoms with Crippen molar-refractivity contribution in [3.8, 4) is 11.8 Å². The number of pyridine rings is 1. The highest BCUT2D eigenvalue weighted by atomic mass is 16.5. The number of ether oxygens (including phenoxy) is 2. The maximum atomic E-state index is 12.9. The van der Waals surface area contributed by atoms with Gasteiger partial charge in [-0.25, -0.2) is 0 Å². The second-order valence-electron chi connectivity index (χ2n) is 7.97. The normalized spacial score (nSPS) is 19.2. The largest absolute Gasteiger partial charge is 0.489 e. The molecule has 2 aromatic carbocycles. The van der Waals surface area contributed by atoms with Crippen LogP contribution in [0.4, 0.5) is 5.69 Å². The Morgan fingerprint density at radius 1 is 1.25 bits per heavy atom. The third-order valence-corrected chi connectivity index (χ3v) is 5.40. The molecule has 0 radical (unpaired) electrons. The molecule has 4 rings (SSSR count). The van der Waals surface area contributed by atoms with E-state index < -0.39 is 6.10 Å². The standard InChI is InChI=1S/C25H26N4O3/c1-17(31-20-7-4-3-5-8-20)14-28-25(30)23-16-29(15-18(2)32-23)22-11-10-19(13-26)24-21(22)9-6-12-27-24/h3-12,17-18,23H,14-16H2,1-2H3,(H,28,30)/t17?,18-,23-/m1/s1. The van der Waals surface area contributed by atoms with Crippen molar-refractivity contribution < 1.29 is 14.3 Å². The molecule has 1 N–H and O–H groups in total. The molecule has 0 saturated carbocycles. The molecule has 0 aliphatic carbocycles. The van der Waals surface area contributed by atoms with E-state index in [1.807, 2.05) is 62.4 Å². The minimum Gasteiger partial charge on any atom is -0.489 e. The molecule has 0 spiro atoms. The topological polar surface area (TPSA) is 87.5 Å². The fourth-order valence-corrected chi connectivity index (χ4v) is 3.95. The van der Waals surface area contributed by atoms with Crippen molar-refractivity contribution in [1.29, 1.82) is 5.26 Å². The van der Waals surface area contributed by atoms with Crippen LogP contribution in [-0.4, -0.2) is 48.8 Å². The molecule has 0 bridgehead atoms. The molecule has 1 amide bonds. The predicted octanol–water partition coefficient (Wildman–Crippen LogP) is 3.28. The zero-order valence-corrected chi connectivity index (χ0v) is 18.2. The number of hydrogen-bond donors (Lipinski definition) is 1. The summed E-state index contributed by atoms with van der Waals surface area (Å²) < 4.78 is 11.8. The number of hydrogen-bond acceptors (Lipinski definition) is 6. The Bertz CT molecular complexity index is 1130. The molecule has 1 aliphatic heterocycles. The van der Waals surface area contributed by atoms with Gasteiger partial charge in [0.1, 0.15) is 17.9 Å². The van der Waals surface area contributed by atoms with E-state index in [0.29, 0.717) is 30.7 Å². The van der Waals surface area contributed by atoms with Crippen LogP contribution in [0.1, 0.15) is 19.4 Å². The molecule has 1 saturated heterocycles. The zero-order valence-electron chi connectivity index (χ0n) is 18.2. The molecular weight excluding hydrogens is 404 g/mol. The van der Waals surface area contributed by atoms with Crippen molar-refractivity contribution in [2.45, 2.75) is 32.2 Å².